The maximum Gasteiger partial charge on any atom is 0.177 e. The summed E-state index contributed by atoms with van der Waals surface area (Å²) in [6.07, 6.45) is 3.56. The van der Waals surface area contributed by atoms with Gasteiger partial charge in [0.05, 0.1) is 5.52 Å². The summed E-state index contributed by atoms with van der Waals surface area (Å²) in [6, 6.07) is 4.11. The lowest BCUT2D eigenvalue weighted by atomic mass is 9.87. The Morgan fingerprint density at radius 3 is 2.72 bits per heavy atom. The standard InChI is InChI=1S/C14H22N4/c1-14(2,3)9-10(15)8-12-17-13-11(18(12)4)6-5-7-16-13/h5-7,10H,8-9,15H2,1-4H3. The molecule has 1 atom stereocenters. The van der Waals surface area contributed by atoms with Crippen LogP contribution in [0.25, 0.3) is 11.2 Å². The molecule has 2 aromatic heterocycles. The third-order valence-corrected chi connectivity index (χ3v) is 3.07. The average Bonchev–Trinajstić information content (AvgIpc) is 2.54. The van der Waals surface area contributed by atoms with Gasteiger partial charge in [0.2, 0.25) is 0 Å². The van der Waals surface area contributed by atoms with Crippen molar-refractivity contribution in [1.82, 2.24) is 14.5 Å². The van der Waals surface area contributed by atoms with E-state index in [1.165, 1.54) is 0 Å². The largest absolute Gasteiger partial charge is 0.330 e. The molecule has 2 N–H and O–H groups in total. The Morgan fingerprint density at radius 2 is 2.11 bits per heavy atom. The molecule has 0 saturated heterocycles. The minimum Gasteiger partial charge on any atom is -0.330 e. The summed E-state index contributed by atoms with van der Waals surface area (Å²) < 4.78 is 2.09. The number of fused-ring (bicyclic) bond motifs is 1. The molecule has 2 rings (SSSR count). The van der Waals surface area contributed by atoms with E-state index >= 15 is 0 Å². The highest BCUT2D eigenvalue weighted by Crippen LogP contribution is 2.22. The molecule has 0 spiro atoms. The number of aromatic nitrogens is 3. The summed E-state index contributed by atoms with van der Waals surface area (Å²) in [4.78, 5) is 8.83. The Kier molecular flexibility index (Phi) is 3.39. The number of nitrogens with two attached hydrogens (primary N) is 1. The van der Waals surface area contributed by atoms with Crippen molar-refractivity contribution < 1.29 is 0 Å². The Balaban J connectivity index is 2.19. The third kappa shape index (κ3) is 2.88. The lowest BCUT2D eigenvalue weighted by molar-refractivity contribution is 0.335. The smallest absolute Gasteiger partial charge is 0.177 e. The molecule has 0 aliphatic heterocycles. The van der Waals surface area contributed by atoms with Crippen LogP contribution >= 0.6 is 0 Å². The monoisotopic (exact) mass is 246 g/mol. The van der Waals surface area contributed by atoms with Crippen LogP contribution in [0.4, 0.5) is 0 Å². The van der Waals surface area contributed by atoms with Gasteiger partial charge in [-0.2, -0.15) is 0 Å². The van der Waals surface area contributed by atoms with Crippen LogP contribution in [-0.4, -0.2) is 20.6 Å². The van der Waals surface area contributed by atoms with Gasteiger partial charge in [-0.15, -0.1) is 0 Å². The predicted molar refractivity (Wildman–Crippen MR) is 74.3 cm³/mol. The molecule has 2 heterocycles. The first-order valence-corrected chi connectivity index (χ1v) is 6.39. The zero-order valence-electron chi connectivity index (χ0n) is 11.6. The summed E-state index contributed by atoms with van der Waals surface area (Å²) in [5, 5.41) is 0. The van der Waals surface area contributed by atoms with Gasteiger partial charge in [0, 0.05) is 25.7 Å². The molecule has 0 fully saturated rings. The first kappa shape index (κ1) is 13.0. The average molecular weight is 246 g/mol. The van der Waals surface area contributed by atoms with Crippen LogP contribution in [0.5, 0.6) is 0 Å². The van der Waals surface area contributed by atoms with Crippen LogP contribution in [0.15, 0.2) is 18.3 Å². The minimum absolute atomic E-state index is 0.139. The second kappa shape index (κ2) is 4.69. The highest BCUT2D eigenvalue weighted by Gasteiger charge is 2.18. The molecule has 0 saturated carbocycles. The van der Waals surface area contributed by atoms with Gasteiger partial charge in [-0.05, 0) is 24.0 Å². The van der Waals surface area contributed by atoms with Gasteiger partial charge < -0.3 is 10.3 Å². The topological polar surface area (TPSA) is 56.7 Å². The number of aryl methyl sites for hydroxylation is 1. The van der Waals surface area contributed by atoms with Crippen LogP contribution in [-0.2, 0) is 13.5 Å². The van der Waals surface area contributed by atoms with E-state index in [9.17, 15) is 0 Å². The lowest BCUT2D eigenvalue weighted by Crippen LogP contribution is -2.29. The molecule has 4 nitrogen and oxygen atoms in total. The highest BCUT2D eigenvalue weighted by molar-refractivity contribution is 5.71. The zero-order valence-corrected chi connectivity index (χ0v) is 11.6. The second-order valence-corrected chi connectivity index (χ2v) is 6.16. The van der Waals surface area contributed by atoms with Crippen molar-refractivity contribution in [3.63, 3.8) is 0 Å². The Hall–Kier alpha value is -1.42. The van der Waals surface area contributed by atoms with Crippen molar-refractivity contribution >= 4 is 11.2 Å². The van der Waals surface area contributed by atoms with E-state index in [4.69, 9.17) is 5.73 Å². The lowest BCUT2D eigenvalue weighted by Gasteiger charge is -2.22. The number of hydrogen-bond acceptors (Lipinski definition) is 3. The maximum absolute atomic E-state index is 6.21. The van der Waals surface area contributed by atoms with Crippen molar-refractivity contribution in [2.45, 2.75) is 39.7 Å². The summed E-state index contributed by atoms with van der Waals surface area (Å²) in [5.41, 5.74) is 8.33. The Labute approximate surface area is 108 Å². The summed E-state index contributed by atoms with van der Waals surface area (Å²) >= 11 is 0. The fourth-order valence-electron chi connectivity index (χ4n) is 2.35. The van der Waals surface area contributed by atoms with Crippen molar-refractivity contribution in [2.75, 3.05) is 0 Å². The third-order valence-electron chi connectivity index (χ3n) is 3.07. The first-order chi connectivity index (χ1) is 8.37. The van der Waals surface area contributed by atoms with Crippen molar-refractivity contribution in [1.29, 1.82) is 0 Å². The van der Waals surface area contributed by atoms with E-state index < -0.39 is 0 Å². The number of imidazole rings is 1. The Morgan fingerprint density at radius 1 is 1.39 bits per heavy atom. The molecule has 0 radical (unpaired) electrons. The van der Waals surface area contributed by atoms with Crippen LogP contribution < -0.4 is 5.73 Å². The van der Waals surface area contributed by atoms with Crippen LogP contribution in [0.3, 0.4) is 0 Å². The van der Waals surface area contributed by atoms with Crippen molar-refractivity contribution in [3.8, 4) is 0 Å². The van der Waals surface area contributed by atoms with Gasteiger partial charge in [-0.25, -0.2) is 9.97 Å². The normalized spacial score (nSPS) is 14.1. The number of hydrogen-bond donors (Lipinski definition) is 1. The summed E-state index contributed by atoms with van der Waals surface area (Å²) in [6.45, 7) is 6.63. The first-order valence-electron chi connectivity index (χ1n) is 6.39. The molecule has 0 aliphatic rings. The van der Waals surface area contributed by atoms with E-state index in [-0.39, 0.29) is 11.5 Å². The minimum atomic E-state index is 0.139. The van der Waals surface area contributed by atoms with E-state index in [1.807, 2.05) is 19.2 Å². The van der Waals surface area contributed by atoms with E-state index in [2.05, 4.69) is 35.3 Å². The maximum atomic E-state index is 6.21. The van der Waals surface area contributed by atoms with E-state index in [0.717, 1.165) is 29.8 Å². The van der Waals surface area contributed by atoms with Gasteiger partial charge in [-0.1, -0.05) is 20.8 Å². The quantitative estimate of drug-likeness (QED) is 0.904. The molecule has 0 aromatic carbocycles. The van der Waals surface area contributed by atoms with Gasteiger partial charge >= 0.3 is 0 Å². The fraction of sp³-hybridized carbons (Fsp3) is 0.571. The molecule has 2 aromatic rings. The van der Waals surface area contributed by atoms with Gasteiger partial charge in [0.15, 0.2) is 5.65 Å². The second-order valence-electron chi connectivity index (χ2n) is 6.16. The van der Waals surface area contributed by atoms with Crippen molar-refractivity contribution in [3.05, 3.63) is 24.2 Å². The predicted octanol–water partition coefficient (Wildman–Crippen LogP) is 2.27. The SMILES string of the molecule is Cn1c(CC(N)CC(C)(C)C)nc2ncccc21. The summed E-state index contributed by atoms with van der Waals surface area (Å²) in [7, 11) is 2.02. The van der Waals surface area contributed by atoms with Gasteiger partial charge in [-0.3, -0.25) is 0 Å². The fourth-order valence-corrected chi connectivity index (χ4v) is 2.35. The number of pyridine rings is 1. The van der Waals surface area contributed by atoms with Crippen LogP contribution in [0, 0.1) is 5.41 Å². The molecule has 18 heavy (non-hydrogen) atoms. The zero-order chi connectivity index (χ0) is 13.3. The Bertz CT molecular complexity index is 536. The molecule has 0 amide bonds. The van der Waals surface area contributed by atoms with E-state index in [0.29, 0.717) is 0 Å². The number of nitrogens with zero attached hydrogens (tertiary/aromatic N) is 3. The molecule has 98 valence electrons. The van der Waals surface area contributed by atoms with Crippen LogP contribution in [0.1, 0.15) is 33.0 Å². The molecule has 1 unspecified atom stereocenters. The van der Waals surface area contributed by atoms with Gasteiger partial charge in [0.1, 0.15) is 5.82 Å². The molecular weight excluding hydrogens is 224 g/mol. The molecule has 0 aliphatic carbocycles. The molecule has 0 bridgehead atoms. The highest BCUT2D eigenvalue weighted by atomic mass is 15.1. The molecular formula is C14H22N4. The van der Waals surface area contributed by atoms with Gasteiger partial charge in [0.25, 0.3) is 0 Å². The van der Waals surface area contributed by atoms with Crippen LogP contribution in [0.2, 0.25) is 0 Å². The number of rotatable bonds is 3. The summed E-state index contributed by atoms with van der Waals surface area (Å²) in [5.74, 6) is 1.01. The van der Waals surface area contributed by atoms with Crippen molar-refractivity contribution in [2.24, 2.45) is 18.2 Å². The van der Waals surface area contributed by atoms with E-state index in [1.54, 1.807) is 6.20 Å². The molecule has 4 heteroatoms.